The van der Waals surface area contributed by atoms with Crippen LogP contribution in [0.15, 0.2) is 60.9 Å². The van der Waals surface area contributed by atoms with Gasteiger partial charge in [-0.25, -0.2) is 14.5 Å². The third-order valence-corrected chi connectivity index (χ3v) is 7.11. The topological polar surface area (TPSA) is 83.8 Å². The molecular formula is C29H36N6O3. The Hall–Kier alpha value is -3.88. The summed E-state index contributed by atoms with van der Waals surface area (Å²) >= 11 is 0. The molecule has 9 heteroatoms. The maximum atomic E-state index is 13.8. The molecule has 9 nitrogen and oxygen atoms in total. The lowest BCUT2D eigenvalue weighted by Crippen LogP contribution is -2.49. The van der Waals surface area contributed by atoms with Crippen molar-refractivity contribution in [1.82, 2.24) is 24.6 Å². The molecule has 0 atom stereocenters. The van der Waals surface area contributed by atoms with E-state index in [-0.39, 0.29) is 17.9 Å². The minimum Gasteiger partial charge on any atom is -0.444 e. The Labute approximate surface area is 224 Å². The third-order valence-electron chi connectivity index (χ3n) is 7.11. The molecule has 2 aliphatic heterocycles. The first kappa shape index (κ1) is 25.8. The van der Waals surface area contributed by atoms with Gasteiger partial charge in [-0.3, -0.25) is 4.79 Å². The van der Waals surface area contributed by atoms with Gasteiger partial charge in [-0.15, -0.1) is 0 Å². The second-order valence-corrected chi connectivity index (χ2v) is 10.9. The van der Waals surface area contributed by atoms with Crippen molar-refractivity contribution in [3.8, 4) is 5.69 Å². The van der Waals surface area contributed by atoms with Crippen LogP contribution in [0.4, 0.5) is 10.6 Å². The summed E-state index contributed by atoms with van der Waals surface area (Å²) in [6, 6.07) is 15.8. The van der Waals surface area contributed by atoms with Crippen molar-refractivity contribution >= 4 is 17.8 Å². The van der Waals surface area contributed by atoms with Crippen molar-refractivity contribution in [3.63, 3.8) is 0 Å². The molecule has 0 radical (unpaired) electrons. The van der Waals surface area contributed by atoms with E-state index < -0.39 is 5.60 Å². The van der Waals surface area contributed by atoms with Crippen LogP contribution < -0.4 is 4.90 Å². The number of nitrogens with zero attached hydrogens (tertiary/aromatic N) is 6. The summed E-state index contributed by atoms with van der Waals surface area (Å²) in [5.41, 5.74) is 1.98. The SMILES string of the molecule is CC(C)(C)OC(=O)N1CCC(c2c(C(=O)N3CCN(c4ccccn4)CC3)cnn2-c2ccccc2)CC1. The van der Waals surface area contributed by atoms with Gasteiger partial charge in [-0.2, -0.15) is 5.10 Å². The highest BCUT2D eigenvalue weighted by Crippen LogP contribution is 2.33. The van der Waals surface area contributed by atoms with Gasteiger partial charge in [0.2, 0.25) is 0 Å². The number of carbonyl (C=O) groups is 2. The lowest BCUT2D eigenvalue weighted by Gasteiger charge is -2.36. The molecule has 2 aliphatic rings. The monoisotopic (exact) mass is 516 g/mol. The van der Waals surface area contributed by atoms with Crippen molar-refractivity contribution in [2.75, 3.05) is 44.2 Å². The Morgan fingerprint density at radius 3 is 2.18 bits per heavy atom. The van der Waals surface area contributed by atoms with E-state index in [1.165, 1.54) is 0 Å². The quantitative estimate of drug-likeness (QED) is 0.513. The van der Waals surface area contributed by atoms with Crippen LogP contribution in [0.1, 0.15) is 55.6 Å². The highest BCUT2D eigenvalue weighted by atomic mass is 16.6. The maximum Gasteiger partial charge on any atom is 0.410 e. The standard InChI is InChI=1S/C29H36N6O3/c1-29(2,3)38-28(37)34-15-12-22(13-16-34)26-24(21-31-35(26)23-9-5-4-6-10-23)27(36)33-19-17-32(18-20-33)25-11-7-8-14-30-25/h4-11,14,21-22H,12-13,15-20H2,1-3H3. The first-order valence-electron chi connectivity index (χ1n) is 13.4. The number of hydrogen-bond donors (Lipinski definition) is 0. The lowest BCUT2D eigenvalue weighted by atomic mass is 9.90. The highest BCUT2D eigenvalue weighted by molar-refractivity contribution is 5.95. The summed E-state index contributed by atoms with van der Waals surface area (Å²) in [4.78, 5) is 36.8. The fourth-order valence-corrected chi connectivity index (χ4v) is 5.20. The molecule has 0 bridgehead atoms. The molecule has 2 saturated heterocycles. The molecule has 5 rings (SSSR count). The second-order valence-electron chi connectivity index (χ2n) is 10.9. The molecule has 0 aliphatic carbocycles. The van der Waals surface area contributed by atoms with Crippen LogP contribution in [0.2, 0.25) is 0 Å². The van der Waals surface area contributed by atoms with Crippen molar-refractivity contribution in [2.24, 2.45) is 0 Å². The summed E-state index contributed by atoms with van der Waals surface area (Å²) in [5.74, 6) is 1.05. The van der Waals surface area contributed by atoms with E-state index >= 15 is 0 Å². The third kappa shape index (κ3) is 5.66. The van der Waals surface area contributed by atoms with Crippen LogP contribution in [-0.2, 0) is 4.74 Å². The number of piperazine rings is 1. The first-order valence-corrected chi connectivity index (χ1v) is 13.4. The molecule has 0 saturated carbocycles. The molecule has 2 amide bonds. The number of piperidine rings is 1. The van der Waals surface area contributed by atoms with Crippen molar-refractivity contribution in [1.29, 1.82) is 0 Å². The van der Waals surface area contributed by atoms with Gasteiger partial charge in [0.25, 0.3) is 5.91 Å². The number of anilines is 1. The summed E-state index contributed by atoms with van der Waals surface area (Å²) in [6.07, 6.45) is 4.72. The number of aromatic nitrogens is 3. The van der Waals surface area contributed by atoms with Crippen molar-refractivity contribution in [3.05, 3.63) is 72.2 Å². The molecule has 38 heavy (non-hydrogen) atoms. The molecule has 0 N–H and O–H groups in total. The van der Waals surface area contributed by atoms with Gasteiger partial charge in [0.05, 0.1) is 23.1 Å². The number of likely N-dealkylation sites (tertiary alicyclic amines) is 1. The minimum absolute atomic E-state index is 0.0115. The zero-order chi connectivity index (χ0) is 26.7. The predicted molar refractivity (Wildman–Crippen MR) is 146 cm³/mol. The molecule has 0 spiro atoms. The molecule has 3 aromatic rings. The summed E-state index contributed by atoms with van der Waals surface area (Å²) in [5, 5.41) is 4.69. The average molecular weight is 517 g/mol. The maximum absolute atomic E-state index is 13.8. The minimum atomic E-state index is -0.528. The van der Waals surface area contributed by atoms with E-state index in [2.05, 4.69) is 15.0 Å². The van der Waals surface area contributed by atoms with Crippen LogP contribution >= 0.6 is 0 Å². The number of carbonyl (C=O) groups excluding carboxylic acids is 2. The molecule has 4 heterocycles. The predicted octanol–water partition coefficient (Wildman–Crippen LogP) is 4.34. The van der Waals surface area contributed by atoms with Crippen molar-refractivity contribution < 1.29 is 14.3 Å². The van der Waals surface area contributed by atoms with E-state index in [0.717, 1.165) is 43.1 Å². The first-order chi connectivity index (χ1) is 18.3. The Morgan fingerprint density at radius 1 is 0.868 bits per heavy atom. The molecular weight excluding hydrogens is 480 g/mol. The largest absolute Gasteiger partial charge is 0.444 e. The number of rotatable bonds is 4. The van der Waals surface area contributed by atoms with Gasteiger partial charge in [0, 0.05) is 51.4 Å². The van der Waals surface area contributed by atoms with Gasteiger partial charge in [-0.1, -0.05) is 24.3 Å². The van der Waals surface area contributed by atoms with Crippen LogP contribution in [0.25, 0.3) is 5.69 Å². The Kier molecular flexibility index (Phi) is 7.35. The Balaban J connectivity index is 1.34. The molecule has 2 fully saturated rings. The molecule has 1 aromatic carbocycles. The van der Waals surface area contributed by atoms with E-state index in [1.54, 1.807) is 17.3 Å². The normalized spacial score (nSPS) is 17.0. The molecule has 200 valence electrons. The van der Waals surface area contributed by atoms with Crippen LogP contribution in [-0.4, -0.2) is 81.4 Å². The Morgan fingerprint density at radius 2 is 1.55 bits per heavy atom. The van der Waals surface area contributed by atoms with Gasteiger partial charge < -0.3 is 19.4 Å². The zero-order valence-corrected chi connectivity index (χ0v) is 22.4. The number of benzene rings is 1. The fraction of sp³-hybridized carbons (Fsp3) is 0.448. The number of ether oxygens (including phenoxy) is 1. The smallest absolute Gasteiger partial charge is 0.410 e. The van der Waals surface area contributed by atoms with Gasteiger partial charge in [0.15, 0.2) is 0 Å². The fourth-order valence-electron chi connectivity index (χ4n) is 5.20. The average Bonchev–Trinajstić information content (AvgIpc) is 3.38. The highest BCUT2D eigenvalue weighted by Gasteiger charge is 2.34. The van der Waals surface area contributed by atoms with E-state index in [0.29, 0.717) is 31.7 Å². The van der Waals surface area contributed by atoms with Gasteiger partial charge >= 0.3 is 6.09 Å². The van der Waals surface area contributed by atoms with Crippen molar-refractivity contribution in [2.45, 2.75) is 45.1 Å². The molecule has 2 aromatic heterocycles. The lowest BCUT2D eigenvalue weighted by molar-refractivity contribution is 0.0203. The number of para-hydroxylation sites is 1. The summed E-state index contributed by atoms with van der Waals surface area (Å²) in [6.45, 7) is 9.52. The van der Waals surface area contributed by atoms with Gasteiger partial charge in [0.1, 0.15) is 11.4 Å². The van der Waals surface area contributed by atoms with Crippen LogP contribution in [0, 0.1) is 0 Å². The molecule has 0 unspecified atom stereocenters. The number of pyridine rings is 1. The summed E-state index contributed by atoms with van der Waals surface area (Å²) in [7, 11) is 0. The van der Waals surface area contributed by atoms with E-state index in [4.69, 9.17) is 4.74 Å². The van der Waals surface area contributed by atoms with E-state index in [9.17, 15) is 9.59 Å². The number of amides is 2. The van der Waals surface area contributed by atoms with E-state index in [1.807, 2.05) is 78.9 Å². The summed E-state index contributed by atoms with van der Waals surface area (Å²) < 4.78 is 7.49. The number of hydrogen-bond acceptors (Lipinski definition) is 6. The second kappa shape index (κ2) is 10.8. The Bertz CT molecular complexity index is 1240. The zero-order valence-electron chi connectivity index (χ0n) is 22.4. The van der Waals surface area contributed by atoms with Gasteiger partial charge in [-0.05, 0) is 57.9 Å². The van der Waals surface area contributed by atoms with Crippen LogP contribution in [0.5, 0.6) is 0 Å². The van der Waals surface area contributed by atoms with Crippen LogP contribution in [0.3, 0.4) is 0 Å².